The Morgan fingerprint density at radius 2 is 2.00 bits per heavy atom. The van der Waals surface area contributed by atoms with Crippen LogP contribution in [0.4, 0.5) is 17.6 Å². The van der Waals surface area contributed by atoms with Crippen LogP contribution in [-0.4, -0.2) is 37.3 Å². The van der Waals surface area contributed by atoms with E-state index >= 15 is 0 Å². The van der Waals surface area contributed by atoms with E-state index in [-0.39, 0.29) is 35.1 Å². The van der Waals surface area contributed by atoms with Gasteiger partial charge in [0.1, 0.15) is 23.0 Å². The summed E-state index contributed by atoms with van der Waals surface area (Å²) in [4.78, 5) is 16.5. The molecule has 2 aromatic heterocycles. The van der Waals surface area contributed by atoms with Crippen molar-refractivity contribution in [1.82, 2.24) is 25.2 Å². The number of carbonyl (C=O) groups is 1. The molecule has 0 unspecified atom stereocenters. The number of Topliss-reactive ketones (excluding diaryl/α,β-unsaturated/α-hetero) is 1. The van der Waals surface area contributed by atoms with Gasteiger partial charge < -0.3 is 4.74 Å². The molecular formula is C16H11F4N5O2. The number of ketones is 1. The summed E-state index contributed by atoms with van der Waals surface area (Å²) in [6.45, 7) is 1.08. The van der Waals surface area contributed by atoms with Crippen molar-refractivity contribution in [3.05, 3.63) is 53.5 Å². The summed E-state index contributed by atoms with van der Waals surface area (Å²) in [6, 6.07) is 7.30. The lowest BCUT2D eigenvalue weighted by molar-refractivity contribution is -0.274. The Kier molecular flexibility index (Phi) is 4.84. The highest BCUT2D eigenvalue weighted by Gasteiger charge is 2.31. The number of hydrogen-bond donors (Lipinski definition) is 0. The topological polar surface area (TPSA) is 82.8 Å². The van der Waals surface area contributed by atoms with Crippen molar-refractivity contribution >= 4 is 5.78 Å². The summed E-state index contributed by atoms with van der Waals surface area (Å²) in [6.07, 6.45) is -4.89. The molecule has 2 heterocycles. The molecule has 0 aliphatic heterocycles. The van der Waals surface area contributed by atoms with E-state index < -0.39 is 17.9 Å². The Hall–Kier alpha value is -3.37. The van der Waals surface area contributed by atoms with Crippen LogP contribution >= 0.6 is 0 Å². The number of halogens is 4. The molecule has 0 N–H and O–H groups in total. The Labute approximate surface area is 149 Å². The third-order valence-electron chi connectivity index (χ3n) is 3.35. The van der Waals surface area contributed by atoms with Crippen LogP contribution < -0.4 is 4.74 Å². The van der Waals surface area contributed by atoms with E-state index in [1.54, 1.807) is 12.1 Å². The van der Waals surface area contributed by atoms with Crippen LogP contribution in [0, 0.1) is 5.82 Å². The van der Waals surface area contributed by atoms with Crippen molar-refractivity contribution in [2.45, 2.75) is 19.8 Å². The molecule has 27 heavy (non-hydrogen) atoms. The first kappa shape index (κ1) is 18.4. The second-order valence-corrected chi connectivity index (χ2v) is 5.41. The van der Waals surface area contributed by atoms with Crippen molar-refractivity contribution in [2.24, 2.45) is 0 Å². The Morgan fingerprint density at radius 1 is 1.22 bits per heavy atom. The monoisotopic (exact) mass is 381 g/mol. The van der Waals surface area contributed by atoms with Crippen LogP contribution in [0.1, 0.15) is 23.0 Å². The van der Waals surface area contributed by atoms with Gasteiger partial charge in [-0.2, -0.15) is 4.80 Å². The molecule has 0 saturated heterocycles. The number of tetrazole rings is 1. The highest BCUT2D eigenvalue weighted by Crippen LogP contribution is 2.25. The number of hydrogen-bond acceptors (Lipinski definition) is 6. The molecule has 0 radical (unpaired) electrons. The van der Waals surface area contributed by atoms with E-state index in [2.05, 4.69) is 25.1 Å². The number of carbonyl (C=O) groups excluding carboxylic acids is 1. The largest absolute Gasteiger partial charge is 0.573 e. The minimum atomic E-state index is -4.89. The predicted molar refractivity (Wildman–Crippen MR) is 83.2 cm³/mol. The van der Waals surface area contributed by atoms with Gasteiger partial charge in [-0.1, -0.05) is 6.07 Å². The first-order valence-electron chi connectivity index (χ1n) is 7.51. The van der Waals surface area contributed by atoms with E-state index in [4.69, 9.17) is 0 Å². The fourth-order valence-electron chi connectivity index (χ4n) is 2.19. The predicted octanol–water partition coefficient (Wildman–Crippen LogP) is 3.02. The molecule has 3 aromatic rings. The molecule has 7 nitrogen and oxygen atoms in total. The first-order valence-corrected chi connectivity index (χ1v) is 7.51. The summed E-state index contributed by atoms with van der Waals surface area (Å²) in [5.74, 6) is -1.47. The second-order valence-electron chi connectivity index (χ2n) is 5.41. The zero-order valence-corrected chi connectivity index (χ0v) is 13.7. The van der Waals surface area contributed by atoms with E-state index in [1.807, 2.05) is 0 Å². The first-order chi connectivity index (χ1) is 12.7. The Bertz CT molecular complexity index is 987. The van der Waals surface area contributed by atoms with Gasteiger partial charge in [-0.15, -0.1) is 23.4 Å². The minimum Gasteiger partial charge on any atom is -0.406 e. The van der Waals surface area contributed by atoms with Gasteiger partial charge in [0.05, 0.1) is 6.54 Å². The second kappa shape index (κ2) is 7.09. The molecule has 0 spiro atoms. The van der Waals surface area contributed by atoms with E-state index in [0.717, 1.165) is 23.0 Å². The maximum atomic E-state index is 13.9. The minimum absolute atomic E-state index is 0.0844. The molecule has 11 heteroatoms. The average Bonchev–Trinajstić information content (AvgIpc) is 3.05. The van der Waals surface area contributed by atoms with Gasteiger partial charge in [0, 0.05) is 12.5 Å². The molecule has 0 amide bonds. The van der Waals surface area contributed by atoms with Crippen molar-refractivity contribution < 1.29 is 27.1 Å². The van der Waals surface area contributed by atoms with E-state index in [9.17, 15) is 22.4 Å². The molecule has 0 atom stereocenters. The SMILES string of the molecule is CC(=O)c1cccc(-c2nnn(Cc3cc(OC(F)(F)F)ccc3F)n2)n1. The fraction of sp³-hybridized carbons (Fsp3) is 0.188. The number of benzene rings is 1. The van der Waals surface area contributed by atoms with Crippen molar-refractivity contribution in [3.8, 4) is 17.3 Å². The molecule has 1 aromatic carbocycles. The molecule has 0 aliphatic rings. The van der Waals surface area contributed by atoms with Gasteiger partial charge in [-0.05, 0) is 35.5 Å². The molecule has 0 bridgehead atoms. The van der Waals surface area contributed by atoms with Crippen LogP contribution in [0.2, 0.25) is 0 Å². The van der Waals surface area contributed by atoms with Gasteiger partial charge >= 0.3 is 6.36 Å². The summed E-state index contributed by atoms with van der Waals surface area (Å²) in [7, 11) is 0. The van der Waals surface area contributed by atoms with Crippen molar-refractivity contribution in [3.63, 3.8) is 0 Å². The number of pyridine rings is 1. The Balaban J connectivity index is 1.83. The van der Waals surface area contributed by atoms with E-state index in [0.29, 0.717) is 0 Å². The lowest BCUT2D eigenvalue weighted by atomic mass is 10.2. The lowest BCUT2D eigenvalue weighted by Crippen LogP contribution is -2.17. The van der Waals surface area contributed by atoms with Gasteiger partial charge in [-0.25, -0.2) is 9.37 Å². The van der Waals surface area contributed by atoms with Crippen molar-refractivity contribution in [1.29, 1.82) is 0 Å². The van der Waals surface area contributed by atoms with Crippen LogP contribution in [0.3, 0.4) is 0 Å². The van der Waals surface area contributed by atoms with Crippen LogP contribution in [-0.2, 0) is 6.54 Å². The van der Waals surface area contributed by atoms with Crippen LogP contribution in [0.5, 0.6) is 5.75 Å². The Morgan fingerprint density at radius 3 is 2.70 bits per heavy atom. The highest BCUT2D eigenvalue weighted by molar-refractivity contribution is 5.92. The number of rotatable bonds is 5. The lowest BCUT2D eigenvalue weighted by Gasteiger charge is -2.10. The van der Waals surface area contributed by atoms with E-state index in [1.165, 1.54) is 13.0 Å². The smallest absolute Gasteiger partial charge is 0.406 e. The zero-order valence-electron chi connectivity index (χ0n) is 13.7. The maximum absolute atomic E-state index is 13.9. The molecule has 3 rings (SSSR count). The van der Waals surface area contributed by atoms with Crippen LogP contribution in [0.15, 0.2) is 36.4 Å². The molecule has 0 aliphatic carbocycles. The van der Waals surface area contributed by atoms with Gasteiger partial charge in [0.2, 0.25) is 5.82 Å². The number of ether oxygens (including phenoxy) is 1. The highest BCUT2D eigenvalue weighted by atomic mass is 19.4. The van der Waals surface area contributed by atoms with Crippen molar-refractivity contribution in [2.75, 3.05) is 0 Å². The summed E-state index contributed by atoms with van der Waals surface area (Å²) >= 11 is 0. The standard InChI is InChI=1S/C16H11F4N5O2/c1-9(26)13-3-2-4-14(21-13)15-22-24-25(23-15)8-10-7-11(5-6-12(10)17)27-16(18,19)20/h2-7H,8H2,1H3. The van der Waals surface area contributed by atoms with Gasteiger partial charge in [0.25, 0.3) is 0 Å². The quantitative estimate of drug-likeness (QED) is 0.499. The molecule has 140 valence electrons. The normalized spacial score (nSPS) is 11.4. The summed E-state index contributed by atoms with van der Waals surface area (Å²) in [5.41, 5.74) is 0.376. The number of aromatic nitrogens is 5. The number of alkyl halides is 3. The summed E-state index contributed by atoms with van der Waals surface area (Å²) < 4.78 is 54.5. The zero-order chi connectivity index (χ0) is 19.6. The average molecular weight is 381 g/mol. The molecule has 0 fully saturated rings. The van der Waals surface area contributed by atoms with Crippen LogP contribution in [0.25, 0.3) is 11.5 Å². The maximum Gasteiger partial charge on any atom is 0.573 e. The molecular weight excluding hydrogens is 370 g/mol. The number of nitrogens with zero attached hydrogens (tertiary/aromatic N) is 5. The fourth-order valence-corrected chi connectivity index (χ4v) is 2.19. The summed E-state index contributed by atoms with van der Waals surface area (Å²) in [5, 5.41) is 11.5. The molecule has 0 saturated carbocycles. The third kappa shape index (κ3) is 4.63. The van der Waals surface area contributed by atoms with Gasteiger partial charge in [0.15, 0.2) is 5.78 Å². The van der Waals surface area contributed by atoms with Gasteiger partial charge in [-0.3, -0.25) is 4.79 Å². The third-order valence-corrected chi connectivity index (χ3v) is 3.35.